The lowest BCUT2D eigenvalue weighted by molar-refractivity contribution is -0.138. The van der Waals surface area contributed by atoms with E-state index in [1.165, 1.54) is 11.0 Å². The fourth-order valence-corrected chi connectivity index (χ4v) is 9.98. The molecule has 326 valence electrons. The van der Waals surface area contributed by atoms with Crippen LogP contribution in [0.2, 0.25) is 0 Å². The molecule has 3 saturated heterocycles. The maximum atomic E-state index is 14.3. The summed E-state index contributed by atoms with van der Waals surface area (Å²) in [6, 6.07) is 17.5. The van der Waals surface area contributed by atoms with Crippen LogP contribution in [0.1, 0.15) is 87.8 Å². The Morgan fingerprint density at radius 1 is 0.968 bits per heavy atom. The quantitative estimate of drug-likeness (QED) is 0.135. The molecule has 3 aliphatic heterocycles. The van der Waals surface area contributed by atoms with Gasteiger partial charge in [-0.3, -0.25) is 39.2 Å². The highest BCUT2D eigenvalue weighted by atomic mass is 32.1. The molecule has 0 aromatic heterocycles. The molecule has 3 heterocycles. The second-order valence-electron chi connectivity index (χ2n) is 17.1. The van der Waals surface area contributed by atoms with E-state index in [1.807, 2.05) is 29.2 Å². The zero-order valence-electron chi connectivity index (χ0n) is 34.6. The van der Waals surface area contributed by atoms with Crippen LogP contribution in [0.15, 0.2) is 60.7 Å². The molecule has 5 fully saturated rings. The first-order valence-electron chi connectivity index (χ1n) is 21.2. The highest BCUT2D eigenvalue weighted by molar-refractivity contribution is 7.81. The first-order valence-corrected chi connectivity index (χ1v) is 21.6. The number of anilines is 4. The largest absolute Gasteiger partial charge is 0.492 e. The van der Waals surface area contributed by atoms with Gasteiger partial charge in [0.1, 0.15) is 23.9 Å². The maximum absolute atomic E-state index is 14.3. The Morgan fingerprint density at radius 3 is 2.35 bits per heavy atom. The molecule has 1 spiro atoms. The van der Waals surface area contributed by atoms with Crippen molar-refractivity contribution in [1.29, 1.82) is 5.26 Å². The van der Waals surface area contributed by atoms with E-state index >= 15 is 0 Å². The molecule has 17 heteroatoms. The number of hydrogen-bond donors (Lipinski definition) is 3. The highest BCUT2D eigenvalue weighted by Gasteiger charge is 2.58. The number of halogens is 3. The molecule has 1 unspecified atom stereocenters. The Bertz CT molecular complexity index is 2310. The predicted octanol–water partition coefficient (Wildman–Crippen LogP) is 6.53. The van der Waals surface area contributed by atoms with Crippen LogP contribution in [0.5, 0.6) is 5.75 Å². The van der Waals surface area contributed by atoms with Crippen LogP contribution in [-0.4, -0.2) is 95.0 Å². The smallest absolute Gasteiger partial charge is 0.417 e. The van der Waals surface area contributed by atoms with E-state index in [1.54, 1.807) is 24.3 Å². The second kappa shape index (κ2) is 17.3. The summed E-state index contributed by atoms with van der Waals surface area (Å²) in [6.45, 7) is 7.00. The molecule has 3 aromatic carbocycles. The van der Waals surface area contributed by atoms with Gasteiger partial charge in [0.05, 0.1) is 29.4 Å². The summed E-state index contributed by atoms with van der Waals surface area (Å²) in [5.41, 5.74) is 0.310. The van der Waals surface area contributed by atoms with E-state index in [0.717, 1.165) is 62.2 Å². The molecular weight excluding hydrogens is 822 g/mol. The van der Waals surface area contributed by atoms with Gasteiger partial charge in [-0.1, -0.05) is 18.9 Å². The zero-order chi connectivity index (χ0) is 43.9. The number of thiocarbonyl (C=S) groups is 1. The van der Waals surface area contributed by atoms with Gasteiger partial charge in [0, 0.05) is 55.2 Å². The average Bonchev–Trinajstić information content (AvgIpc) is 3.92. The van der Waals surface area contributed by atoms with Gasteiger partial charge in [-0.05, 0) is 124 Å². The minimum atomic E-state index is -4.79. The summed E-state index contributed by atoms with van der Waals surface area (Å²) in [4.78, 5) is 58.8. The van der Waals surface area contributed by atoms with Crippen LogP contribution in [0.4, 0.5) is 35.9 Å². The van der Waals surface area contributed by atoms with E-state index in [2.05, 4.69) is 39.6 Å². The van der Waals surface area contributed by atoms with Gasteiger partial charge < -0.3 is 20.3 Å². The van der Waals surface area contributed by atoms with Crippen molar-refractivity contribution < 1.29 is 37.1 Å². The van der Waals surface area contributed by atoms with Gasteiger partial charge in [0.2, 0.25) is 17.7 Å². The number of hydrogen-bond acceptors (Lipinski definition) is 10. The number of piperazine rings is 1. The van der Waals surface area contributed by atoms with Crippen molar-refractivity contribution in [3.63, 3.8) is 0 Å². The van der Waals surface area contributed by atoms with E-state index in [-0.39, 0.29) is 65.4 Å². The molecule has 5 aliphatic rings. The average molecular weight is 871 g/mol. The van der Waals surface area contributed by atoms with Crippen LogP contribution in [-0.2, 0) is 25.4 Å². The molecule has 13 nitrogen and oxygen atoms in total. The highest BCUT2D eigenvalue weighted by Crippen LogP contribution is 2.50. The van der Waals surface area contributed by atoms with E-state index < -0.39 is 28.9 Å². The van der Waals surface area contributed by atoms with E-state index in [9.17, 15) is 37.6 Å². The minimum absolute atomic E-state index is 0.0147. The molecule has 4 amide bonds. The minimum Gasteiger partial charge on any atom is -0.492 e. The second-order valence-corrected chi connectivity index (χ2v) is 17.5. The van der Waals surface area contributed by atoms with E-state index in [0.29, 0.717) is 49.5 Å². The Kier molecular flexibility index (Phi) is 12.0. The lowest BCUT2D eigenvalue weighted by Crippen LogP contribution is -2.58. The van der Waals surface area contributed by atoms with Crippen molar-refractivity contribution in [3.05, 3.63) is 77.4 Å². The molecule has 2 saturated carbocycles. The van der Waals surface area contributed by atoms with Gasteiger partial charge in [0.25, 0.3) is 5.91 Å². The van der Waals surface area contributed by atoms with E-state index in [4.69, 9.17) is 17.0 Å². The molecule has 8 rings (SSSR count). The zero-order valence-corrected chi connectivity index (χ0v) is 35.4. The number of imide groups is 1. The lowest BCUT2D eigenvalue weighted by atomic mass is 9.94. The van der Waals surface area contributed by atoms with Gasteiger partial charge in [-0.15, -0.1) is 0 Å². The molecular formula is C45H49F3N8O5S. The fraction of sp³-hybridized carbons (Fsp3) is 0.467. The maximum Gasteiger partial charge on any atom is 0.417 e. The first-order chi connectivity index (χ1) is 29.6. The van der Waals surface area contributed by atoms with Crippen molar-refractivity contribution in [1.82, 2.24) is 15.1 Å². The van der Waals surface area contributed by atoms with Crippen molar-refractivity contribution in [2.45, 2.75) is 101 Å². The van der Waals surface area contributed by atoms with Gasteiger partial charge in [-0.25, -0.2) is 0 Å². The Balaban J connectivity index is 0.888. The number of piperidine rings is 1. The number of alkyl halides is 3. The molecule has 3 aromatic rings. The Morgan fingerprint density at radius 2 is 1.68 bits per heavy atom. The summed E-state index contributed by atoms with van der Waals surface area (Å²) in [6.07, 6.45) is 0.422. The lowest BCUT2D eigenvalue weighted by Gasteiger charge is -2.44. The third kappa shape index (κ3) is 8.73. The topological polar surface area (TPSA) is 150 Å². The van der Waals surface area contributed by atoms with Crippen molar-refractivity contribution in [2.24, 2.45) is 0 Å². The number of carbonyl (C=O) groups is 4. The summed E-state index contributed by atoms with van der Waals surface area (Å²) >= 11 is 5.93. The number of amides is 4. The number of carbonyl (C=O) groups excluding carboxylic acids is 4. The van der Waals surface area contributed by atoms with Crippen molar-refractivity contribution in [2.75, 3.05) is 53.2 Å². The van der Waals surface area contributed by atoms with Crippen LogP contribution < -0.4 is 30.5 Å². The Labute approximate surface area is 363 Å². The molecule has 2 aliphatic carbocycles. The standard InChI is InChI=1S/C45H49F3N8O5S/c1-27-24-53(25-28(2)54(27)26-40(58)51-32-7-5-6-31(20-32)50-37-13-15-39(57)52-41(37)59)18-19-61-38-14-12-34(21-35(38)29-8-9-29)56-43(62)55(42(60)44(56)16-3-4-17-44)33-11-10-30(23-49)36(22-33)45(46,47)48/h5-7,10-12,14,20-22,27-29,37,50H,3-4,8-9,13,15-19,24-26H2,1-2H3,(H,51,58)(H,52,57,59)/t27-,28+,37?. The molecule has 62 heavy (non-hydrogen) atoms. The van der Waals surface area contributed by atoms with Crippen LogP contribution >= 0.6 is 12.2 Å². The number of ether oxygens (including phenoxy) is 1. The third-order valence-corrected chi connectivity index (χ3v) is 13.1. The number of nitriles is 1. The van der Waals surface area contributed by atoms with Crippen molar-refractivity contribution >= 4 is 63.7 Å². The third-order valence-electron chi connectivity index (χ3n) is 12.7. The monoisotopic (exact) mass is 870 g/mol. The first kappa shape index (κ1) is 43.1. The predicted molar refractivity (Wildman–Crippen MR) is 231 cm³/mol. The summed E-state index contributed by atoms with van der Waals surface area (Å²) in [5, 5.41) is 17.9. The normalized spacial score (nSPS) is 23.1. The summed E-state index contributed by atoms with van der Waals surface area (Å²) < 4.78 is 48.4. The molecule has 0 bridgehead atoms. The van der Waals surface area contributed by atoms with Gasteiger partial charge >= 0.3 is 6.18 Å². The SMILES string of the molecule is C[C@@H]1CN(CCOc2ccc(N3C(=S)N(c4ccc(C#N)c(C(F)(F)F)c4)C(=O)C34CCCC4)cc2C2CC2)C[C@H](C)N1CC(=O)Nc1cccc(NC2CCC(=O)NC2=O)c1. The van der Waals surface area contributed by atoms with Gasteiger partial charge in [0.15, 0.2) is 5.11 Å². The fourth-order valence-electron chi connectivity index (χ4n) is 9.51. The Hall–Kier alpha value is -5.57. The van der Waals surface area contributed by atoms with Crippen molar-refractivity contribution in [3.8, 4) is 11.8 Å². The van der Waals surface area contributed by atoms with Crippen LogP contribution in [0, 0.1) is 11.3 Å². The van der Waals surface area contributed by atoms with Gasteiger partial charge in [-0.2, -0.15) is 18.4 Å². The summed E-state index contributed by atoms with van der Waals surface area (Å²) in [7, 11) is 0. The van der Waals surface area contributed by atoms with Crippen LogP contribution in [0.25, 0.3) is 0 Å². The number of nitrogens with zero attached hydrogens (tertiary/aromatic N) is 5. The van der Waals surface area contributed by atoms with Crippen LogP contribution in [0.3, 0.4) is 0 Å². The number of nitrogens with one attached hydrogen (secondary N) is 3. The summed E-state index contributed by atoms with van der Waals surface area (Å²) in [5.74, 6) is -0.127. The molecule has 3 N–H and O–H groups in total. The molecule has 0 radical (unpaired) electrons. The number of benzene rings is 3. The molecule has 3 atom stereocenters. The number of rotatable bonds is 12.